The Morgan fingerprint density at radius 3 is 2.48 bits per heavy atom. The maximum absolute atomic E-state index is 4.65. The van der Waals surface area contributed by atoms with Gasteiger partial charge in [-0.3, -0.25) is 4.68 Å². The van der Waals surface area contributed by atoms with E-state index in [-0.39, 0.29) is 0 Å². The van der Waals surface area contributed by atoms with Gasteiger partial charge in [-0.25, -0.2) is 9.98 Å². The summed E-state index contributed by atoms with van der Waals surface area (Å²) >= 11 is 0. The van der Waals surface area contributed by atoms with Gasteiger partial charge in [-0.05, 0) is 24.5 Å². The van der Waals surface area contributed by atoms with Gasteiger partial charge in [0.15, 0.2) is 5.96 Å². The zero-order chi connectivity index (χ0) is 16.7. The Morgan fingerprint density at radius 2 is 1.91 bits per heavy atom. The smallest absolute Gasteiger partial charge is 0.194 e. The van der Waals surface area contributed by atoms with E-state index in [0.717, 1.165) is 31.3 Å². The summed E-state index contributed by atoms with van der Waals surface area (Å²) in [7, 11) is 3.93. The second-order valence-corrected chi connectivity index (χ2v) is 5.50. The Balaban J connectivity index is 2.04. The molecule has 0 aliphatic heterocycles. The summed E-state index contributed by atoms with van der Waals surface area (Å²) in [4.78, 5) is 11.0. The van der Waals surface area contributed by atoms with Crippen LogP contribution in [0.2, 0.25) is 0 Å². The van der Waals surface area contributed by atoms with E-state index in [9.17, 15) is 0 Å². The van der Waals surface area contributed by atoms with E-state index in [1.807, 2.05) is 14.1 Å². The minimum Gasteiger partial charge on any atom is -0.357 e. The molecule has 0 aliphatic rings. The number of aromatic nitrogens is 3. The quantitative estimate of drug-likeness (QED) is 0.654. The molecule has 1 N–H and O–H groups in total. The van der Waals surface area contributed by atoms with Gasteiger partial charge in [0, 0.05) is 27.2 Å². The summed E-state index contributed by atoms with van der Waals surface area (Å²) in [5, 5.41) is 7.40. The van der Waals surface area contributed by atoms with Gasteiger partial charge in [0.1, 0.15) is 18.7 Å². The molecular weight excluding hydrogens is 288 g/mol. The lowest BCUT2D eigenvalue weighted by atomic mass is 10.1. The van der Waals surface area contributed by atoms with Crippen LogP contribution >= 0.6 is 0 Å². The second-order valence-electron chi connectivity index (χ2n) is 5.50. The largest absolute Gasteiger partial charge is 0.357 e. The molecule has 0 amide bonds. The predicted octanol–water partition coefficient (Wildman–Crippen LogP) is 1.97. The Labute approximate surface area is 138 Å². The molecule has 0 fully saturated rings. The molecule has 0 saturated carbocycles. The van der Waals surface area contributed by atoms with Crippen molar-refractivity contribution in [3.8, 4) is 0 Å². The third kappa shape index (κ3) is 4.81. The number of nitrogens with one attached hydrogen (secondary N) is 1. The maximum Gasteiger partial charge on any atom is 0.194 e. The van der Waals surface area contributed by atoms with E-state index in [2.05, 4.69) is 63.4 Å². The number of nitrogens with zero attached hydrogens (tertiary/aromatic N) is 5. The molecule has 2 rings (SSSR count). The van der Waals surface area contributed by atoms with Crippen LogP contribution in [0.15, 0.2) is 35.6 Å². The standard InChI is InChI=1S/C17H26N6/c1-5-14-7-9-15(10-8-14)12-22(3)17(18-6-2)19-11-16-20-13-21-23(16)4/h7-10,13H,5-6,11-12H2,1-4H3,(H,18,19). The average Bonchev–Trinajstić information content (AvgIpc) is 2.97. The molecule has 2 aromatic rings. The van der Waals surface area contributed by atoms with E-state index >= 15 is 0 Å². The summed E-state index contributed by atoms with van der Waals surface area (Å²) in [5.41, 5.74) is 2.63. The SMILES string of the molecule is CCNC(=NCc1ncnn1C)N(C)Cc1ccc(CC)cc1. The van der Waals surface area contributed by atoms with Gasteiger partial charge >= 0.3 is 0 Å². The monoisotopic (exact) mass is 314 g/mol. The number of aryl methyl sites for hydroxylation is 2. The van der Waals surface area contributed by atoms with Gasteiger partial charge in [-0.2, -0.15) is 5.10 Å². The number of hydrogen-bond donors (Lipinski definition) is 1. The van der Waals surface area contributed by atoms with Crippen molar-refractivity contribution >= 4 is 5.96 Å². The van der Waals surface area contributed by atoms with Gasteiger partial charge in [0.25, 0.3) is 0 Å². The third-order valence-corrected chi connectivity index (χ3v) is 3.72. The van der Waals surface area contributed by atoms with Crippen LogP contribution in [0.4, 0.5) is 0 Å². The van der Waals surface area contributed by atoms with Crippen LogP contribution in [0, 0.1) is 0 Å². The molecule has 0 saturated heterocycles. The molecule has 1 heterocycles. The van der Waals surface area contributed by atoms with E-state index in [4.69, 9.17) is 0 Å². The van der Waals surface area contributed by atoms with E-state index < -0.39 is 0 Å². The lowest BCUT2D eigenvalue weighted by Gasteiger charge is -2.22. The predicted molar refractivity (Wildman–Crippen MR) is 93.1 cm³/mol. The van der Waals surface area contributed by atoms with Crippen LogP contribution in [0.5, 0.6) is 0 Å². The number of aliphatic imine (C=N–C) groups is 1. The van der Waals surface area contributed by atoms with Crippen molar-refractivity contribution in [2.24, 2.45) is 12.0 Å². The summed E-state index contributed by atoms with van der Waals surface area (Å²) < 4.78 is 1.75. The minimum absolute atomic E-state index is 0.512. The molecule has 0 spiro atoms. The van der Waals surface area contributed by atoms with Crippen LogP contribution in [-0.2, 0) is 26.6 Å². The highest BCUT2D eigenvalue weighted by molar-refractivity contribution is 5.79. The first-order valence-corrected chi connectivity index (χ1v) is 8.04. The first-order chi connectivity index (χ1) is 11.1. The number of guanidine groups is 1. The van der Waals surface area contributed by atoms with Crippen molar-refractivity contribution in [3.05, 3.63) is 47.5 Å². The molecule has 23 heavy (non-hydrogen) atoms. The Bertz CT molecular complexity index is 629. The van der Waals surface area contributed by atoms with Crippen molar-refractivity contribution in [1.29, 1.82) is 0 Å². The zero-order valence-corrected chi connectivity index (χ0v) is 14.5. The molecule has 1 aromatic heterocycles. The van der Waals surface area contributed by atoms with Crippen LogP contribution in [0.25, 0.3) is 0 Å². The minimum atomic E-state index is 0.512. The summed E-state index contributed by atoms with van der Waals surface area (Å²) in [5.74, 6) is 1.72. The Hall–Kier alpha value is -2.37. The van der Waals surface area contributed by atoms with E-state index in [1.54, 1.807) is 11.0 Å². The summed E-state index contributed by atoms with van der Waals surface area (Å²) in [6, 6.07) is 8.74. The third-order valence-electron chi connectivity index (χ3n) is 3.72. The highest BCUT2D eigenvalue weighted by Gasteiger charge is 2.07. The molecule has 0 atom stereocenters. The van der Waals surface area contributed by atoms with E-state index in [1.165, 1.54) is 11.1 Å². The molecule has 1 aromatic carbocycles. The van der Waals surface area contributed by atoms with Crippen molar-refractivity contribution in [2.75, 3.05) is 13.6 Å². The lowest BCUT2D eigenvalue weighted by molar-refractivity contribution is 0.476. The lowest BCUT2D eigenvalue weighted by Crippen LogP contribution is -2.38. The van der Waals surface area contributed by atoms with Gasteiger partial charge < -0.3 is 10.2 Å². The number of benzene rings is 1. The summed E-state index contributed by atoms with van der Waals surface area (Å²) in [6.07, 6.45) is 2.62. The van der Waals surface area contributed by atoms with Crippen molar-refractivity contribution in [2.45, 2.75) is 33.4 Å². The molecule has 0 radical (unpaired) electrons. The highest BCUT2D eigenvalue weighted by Crippen LogP contribution is 2.08. The molecular formula is C17H26N6. The normalized spacial score (nSPS) is 11.6. The molecule has 6 nitrogen and oxygen atoms in total. The van der Waals surface area contributed by atoms with Gasteiger partial charge in [0.05, 0.1) is 0 Å². The Morgan fingerprint density at radius 1 is 1.22 bits per heavy atom. The maximum atomic E-state index is 4.65. The Kier molecular flexibility index (Phi) is 6.14. The molecule has 6 heteroatoms. The molecule has 0 unspecified atom stereocenters. The highest BCUT2D eigenvalue weighted by atomic mass is 15.3. The molecule has 0 aliphatic carbocycles. The molecule has 124 valence electrons. The first-order valence-electron chi connectivity index (χ1n) is 8.04. The van der Waals surface area contributed by atoms with Crippen LogP contribution in [-0.4, -0.2) is 39.2 Å². The zero-order valence-electron chi connectivity index (χ0n) is 14.5. The fourth-order valence-electron chi connectivity index (χ4n) is 2.31. The van der Waals surface area contributed by atoms with Crippen LogP contribution < -0.4 is 5.32 Å². The molecule has 0 bridgehead atoms. The fraction of sp³-hybridized carbons (Fsp3) is 0.471. The number of hydrogen-bond acceptors (Lipinski definition) is 3. The van der Waals surface area contributed by atoms with Crippen LogP contribution in [0.3, 0.4) is 0 Å². The van der Waals surface area contributed by atoms with Gasteiger partial charge in [-0.15, -0.1) is 0 Å². The topological polar surface area (TPSA) is 58.3 Å². The average molecular weight is 314 g/mol. The van der Waals surface area contributed by atoms with Crippen molar-refractivity contribution < 1.29 is 0 Å². The van der Waals surface area contributed by atoms with E-state index in [0.29, 0.717) is 6.54 Å². The fourth-order valence-corrected chi connectivity index (χ4v) is 2.31. The van der Waals surface area contributed by atoms with Gasteiger partial charge in [-0.1, -0.05) is 31.2 Å². The van der Waals surface area contributed by atoms with Crippen LogP contribution in [0.1, 0.15) is 30.8 Å². The first kappa shape index (κ1) is 17.0. The number of rotatable bonds is 6. The van der Waals surface area contributed by atoms with Gasteiger partial charge in [0.2, 0.25) is 0 Å². The summed E-state index contributed by atoms with van der Waals surface area (Å²) in [6.45, 7) is 6.40. The van der Waals surface area contributed by atoms with Crippen molar-refractivity contribution in [1.82, 2.24) is 25.0 Å². The second kappa shape index (κ2) is 8.31. The van der Waals surface area contributed by atoms with Crippen molar-refractivity contribution in [3.63, 3.8) is 0 Å².